The van der Waals surface area contributed by atoms with Crippen molar-refractivity contribution in [3.63, 3.8) is 0 Å². The molecule has 0 radical (unpaired) electrons. The van der Waals surface area contributed by atoms with Gasteiger partial charge in [-0.15, -0.1) is 0 Å². The van der Waals surface area contributed by atoms with E-state index in [1.165, 1.54) is 0 Å². The summed E-state index contributed by atoms with van der Waals surface area (Å²) in [6.45, 7) is 0.810. The summed E-state index contributed by atoms with van der Waals surface area (Å²) in [5, 5.41) is 18.0. The minimum atomic E-state index is -0.403. The number of hydrogen-bond donors (Lipinski definition) is 1. The summed E-state index contributed by atoms with van der Waals surface area (Å²) >= 11 is 0. The van der Waals surface area contributed by atoms with E-state index in [9.17, 15) is 5.26 Å². The van der Waals surface area contributed by atoms with E-state index in [1.54, 1.807) is 0 Å². The maximum absolute atomic E-state index is 9.28. The molecule has 0 amide bonds. The number of azide groups is 1. The first-order chi connectivity index (χ1) is 9.36. The molecule has 0 heterocycles. The molecule has 0 spiro atoms. The van der Waals surface area contributed by atoms with Crippen molar-refractivity contribution in [2.24, 2.45) is 5.11 Å². The zero-order valence-corrected chi connectivity index (χ0v) is 10.3. The predicted molar refractivity (Wildman–Crippen MR) is 74.3 cm³/mol. The second-order valence-electron chi connectivity index (χ2n) is 4.04. The minimum Gasteiger partial charge on any atom is -0.298 e. The minimum absolute atomic E-state index is 0.333. The highest BCUT2D eigenvalue weighted by Gasteiger charge is 2.12. The van der Waals surface area contributed by atoms with E-state index in [2.05, 4.69) is 21.4 Å². The molecule has 0 saturated heterocycles. The average molecular weight is 251 g/mol. The third kappa shape index (κ3) is 3.02. The first-order valence-corrected chi connectivity index (χ1v) is 5.98. The summed E-state index contributed by atoms with van der Waals surface area (Å²) in [4.78, 5) is 2.68. The van der Waals surface area contributed by atoms with Crippen LogP contribution in [0.25, 0.3) is 21.2 Å². The molecule has 1 N–H and O–H groups in total. The van der Waals surface area contributed by atoms with Crippen molar-refractivity contribution in [1.82, 2.24) is 5.32 Å². The monoisotopic (exact) mass is 251 g/mol. The number of rotatable bonds is 5. The molecule has 0 fully saturated rings. The van der Waals surface area contributed by atoms with Gasteiger partial charge < -0.3 is 0 Å². The van der Waals surface area contributed by atoms with Crippen LogP contribution in [0.5, 0.6) is 0 Å². The Bertz CT molecular complexity index is 647. The van der Waals surface area contributed by atoms with Crippen molar-refractivity contribution in [2.45, 2.75) is 6.04 Å². The third-order valence-corrected chi connectivity index (χ3v) is 2.89. The Morgan fingerprint density at radius 1 is 1.26 bits per heavy atom. The Kier molecular flexibility index (Phi) is 4.35. The van der Waals surface area contributed by atoms with Gasteiger partial charge in [0.2, 0.25) is 0 Å². The standard InChI is InChI=1S/C14H13N5/c15-10-14(17-8-9-18-19-16)13-7-3-5-11-4-1-2-6-12(11)13/h1-7,14,17H,8-9H2. The van der Waals surface area contributed by atoms with Gasteiger partial charge in [-0.2, -0.15) is 5.26 Å². The lowest BCUT2D eigenvalue weighted by Gasteiger charge is -2.13. The van der Waals surface area contributed by atoms with Crippen LogP contribution in [0.4, 0.5) is 0 Å². The van der Waals surface area contributed by atoms with Crippen LogP contribution >= 0.6 is 0 Å². The van der Waals surface area contributed by atoms with E-state index in [0.717, 1.165) is 16.3 Å². The molecular weight excluding hydrogens is 238 g/mol. The fourth-order valence-corrected chi connectivity index (χ4v) is 2.03. The van der Waals surface area contributed by atoms with E-state index in [0.29, 0.717) is 13.1 Å². The first-order valence-electron chi connectivity index (χ1n) is 5.98. The number of hydrogen-bond acceptors (Lipinski definition) is 3. The Morgan fingerprint density at radius 2 is 2.05 bits per heavy atom. The first kappa shape index (κ1) is 12.9. The lowest BCUT2D eigenvalue weighted by molar-refractivity contribution is 0.638. The van der Waals surface area contributed by atoms with Crippen molar-refractivity contribution in [2.75, 3.05) is 13.1 Å². The molecule has 0 saturated carbocycles. The van der Waals surface area contributed by atoms with Gasteiger partial charge in [-0.05, 0) is 21.9 Å². The van der Waals surface area contributed by atoms with Crippen molar-refractivity contribution in [1.29, 1.82) is 5.26 Å². The van der Waals surface area contributed by atoms with Crippen LogP contribution < -0.4 is 5.32 Å². The quantitative estimate of drug-likeness (QED) is 0.382. The van der Waals surface area contributed by atoms with Crippen LogP contribution in [-0.2, 0) is 0 Å². The summed E-state index contributed by atoms with van der Waals surface area (Å²) in [7, 11) is 0. The highest BCUT2D eigenvalue weighted by Crippen LogP contribution is 2.23. The molecule has 2 rings (SSSR count). The summed E-state index contributed by atoms with van der Waals surface area (Å²) in [5.41, 5.74) is 9.16. The molecule has 0 aliphatic rings. The van der Waals surface area contributed by atoms with Gasteiger partial charge in [0, 0.05) is 18.0 Å². The van der Waals surface area contributed by atoms with E-state index in [1.807, 2.05) is 42.5 Å². The maximum atomic E-state index is 9.28. The van der Waals surface area contributed by atoms with Crippen molar-refractivity contribution in [3.8, 4) is 6.07 Å². The molecule has 1 atom stereocenters. The van der Waals surface area contributed by atoms with E-state index >= 15 is 0 Å². The lowest BCUT2D eigenvalue weighted by Crippen LogP contribution is -2.22. The summed E-state index contributed by atoms with van der Waals surface area (Å²) in [5.74, 6) is 0. The van der Waals surface area contributed by atoms with Crippen LogP contribution in [-0.4, -0.2) is 13.1 Å². The molecular formula is C14H13N5. The van der Waals surface area contributed by atoms with E-state index < -0.39 is 6.04 Å². The lowest BCUT2D eigenvalue weighted by atomic mass is 9.99. The van der Waals surface area contributed by atoms with Gasteiger partial charge in [-0.1, -0.05) is 47.6 Å². The van der Waals surface area contributed by atoms with Gasteiger partial charge in [-0.25, -0.2) is 0 Å². The van der Waals surface area contributed by atoms with Crippen LogP contribution in [0, 0.1) is 11.3 Å². The van der Waals surface area contributed by atoms with E-state index in [-0.39, 0.29) is 0 Å². The fourth-order valence-electron chi connectivity index (χ4n) is 2.03. The number of nitrogens with one attached hydrogen (secondary N) is 1. The second-order valence-corrected chi connectivity index (χ2v) is 4.04. The molecule has 0 aliphatic heterocycles. The molecule has 1 unspecified atom stereocenters. The fraction of sp³-hybridized carbons (Fsp3) is 0.214. The SMILES string of the molecule is N#CC(NCCN=[N+]=[N-])c1cccc2ccccc12. The Hall–Kier alpha value is -2.54. The van der Waals surface area contributed by atoms with Crippen molar-refractivity contribution < 1.29 is 0 Å². The van der Waals surface area contributed by atoms with Gasteiger partial charge in [0.25, 0.3) is 0 Å². The Morgan fingerprint density at radius 3 is 2.84 bits per heavy atom. The molecule has 0 aliphatic carbocycles. The molecule has 5 heteroatoms. The number of nitrogens with zero attached hydrogens (tertiary/aromatic N) is 4. The van der Waals surface area contributed by atoms with Gasteiger partial charge in [0.1, 0.15) is 6.04 Å². The third-order valence-electron chi connectivity index (χ3n) is 2.89. The highest BCUT2D eigenvalue weighted by molar-refractivity contribution is 5.86. The summed E-state index contributed by atoms with van der Waals surface area (Å²) in [6, 6.07) is 15.7. The normalized spacial score (nSPS) is 11.5. The average Bonchev–Trinajstić information content (AvgIpc) is 2.47. The molecule has 5 nitrogen and oxygen atoms in total. The molecule has 19 heavy (non-hydrogen) atoms. The molecule has 2 aromatic rings. The largest absolute Gasteiger partial charge is 0.298 e. The number of benzene rings is 2. The second kappa shape index (κ2) is 6.41. The number of fused-ring (bicyclic) bond motifs is 1. The van der Waals surface area contributed by atoms with E-state index in [4.69, 9.17) is 5.53 Å². The van der Waals surface area contributed by atoms with Crippen molar-refractivity contribution >= 4 is 10.8 Å². The molecule has 0 bridgehead atoms. The zero-order valence-electron chi connectivity index (χ0n) is 10.3. The Labute approximate surface area is 111 Å². The zero-order chi connectivity index (χ0) is 13.5. The van der Waals surface area contributed by atoms with Crippen molar-refractivity contribution in [3.05, 3.63) is 58.5 Å². The van der Waals surface area contributed by atoms with Crippen LogP contribution in [0.2, 0.25) is 0 Å². The smallest absolute Gasteiger partial charge is 0.121 e. The van der Waals surface area contributed by atoms with Crippen LogP contribution in [0.3, 0.4) is 0 Å². The number of nitriles is 1. The molecule has 94 valence electrons. The molecule has 2 aromatic carbocycles. The predicted octanol–water partition coefficient (Wildman–Crippen LogP) is 3.30. The maximum Gasteiger partial charge on any atom is 0.121 e. The summed E-state index contributed by atoms with van der Waals surface area (Å²) < 4.78 is 0. The van der Waals surface area contributed by atoms with Crippen LogP contribution in [0.1, 0.15) is 11.6 Å². The van der Waals surface area contributed by atoms with Crippen LogP contribution in [0.15, 0.2) is 47.6 Å². The Balaban J connectivity index is 2.26. The van der Waals surface area contributed by atoms with Gasteiger partial charge >= 0.3 is 0 Å². The highest BCUT2D eigenvalue weighted by atomic mass is 15.1. The molecule has 0 aromatic heterocycles. The van der Waals surface area contributed by atoms with Gasteiger partial charge in [0.15, 0.2) is 0 Å². The topological polar surface area (TPSA) is 84.6 Å². The van der Waals surface area contributed by atoms with Gasteiger partial charge in [-0.3, -0.25) is 5.32 Å². The summed E-state index contributed by atoms with van der Waals surface area (Å²) in [6.07, 6.45) is 0. The van der Waals surface area contributed by atoms with Gasteiger partial charge in [0.05, 0.1) is 6.07 Å².